The highest BCUT2D eigenvalue weighted by Crippen LogP contribution is 2.41. The van der Waals surface area contributed by atoms with Crippen LogP contribution in [0.2, 0.25) is 0 Å². The van der Waals surface area contributed by atoms with Crippen LogP contribution in [0, 0.1) is 11.7 Å². The average Bonchev–Trinajstić information content (AvgIpc) is 3.58. The first-order chi connectivity index (χ1) is 17.6. The van der Waals surface area contributed by atoms with Gasteiger partial charge in [-0.1, -0.05) is 18.0 Å². The first kappa shape index (κ1) is 23.8. The van der Waals surface area contributed by atoms with Crippen LogP contribution in [0.1, 0.15) is 82.2 Å². The third-order valence-corrected chi connectivity index (χ3v) is 8.85. The number of hydrogen-bond acceptors (Lipinski definition) is 4. The summed E-state index contributed by atoms with van der Waals surface area (Å²) in [6.45, 7) is 3.38. The Kier molecular flexibility index (Phi) is 6.67. The maximum absolute atomic E-state index is 14.7. The van der Waals surface area contributed by atoms with E-state index in [0.717, 1.165) is 105 Å². The molecule has 0 unspecified atom stereocenters. The summed E-state index contributed by atoms with van der Waals surface area (Å²) in [5.74, 6) is 0.443. The van der Waals surface area contributed by atoms with E-state index in [9.17, 15) is 13.6 Å². The second kappa shape index (κ2) is 10.1. The lowest BCUT2D eigenvalue weighted by molar-refractivity contribution is -0.133. The van der Waals surface area contributed by atoms with Gasteiger partial charge in [0.15, 0.2) is 5.58 Å². The molecule has 2 aliphatic carbocycles. The maximum atomic E-state index is 14.7. The molecule has 0 N–H and O–H groups in total. The number of hydrogen-bond donors (Lipinski definition) is 0. The quantitative estimate of drug-likeness (QED) is 0.468. The van der Waals surface area contributed by atoms with E-state index in [4.69, 9.17) is 4.52 Å². The Morgan fingerprint density at radius 2 is 1.78 bits per heavy atom. The summed E-state index contributed by atoms with van der Waals surface area (Å²) in [6, 6.07) is 4.63. The molecule has 0 radical (unpaired) electrons. The predicted molar refractivity (Wildman–Crippen MR) is 134 cm³/mol. The van der Waals surface area contributed by atoms with Gasteiger partial charge in [0.05, 0.1) is 5.69 Å². The normalized spacial score (nSPS) is 22.7. The second-order valence-electron chi connectivity index (χ2n) is 11.0. The molecule has 3 heterocycles. The minimum absolute atomic E-state index is 0.0437. The lowest BCUT2D eigenvalue weighted by Gasteiger charge is -2.38. The van der Waals surface area contributed by atoms with Crippen molar-refractivity contribution in [2.24, 2.45) is 5.92 Å². The third kappa shape index (κ3) is 4.51. The number of piperidine rings is 1. The number of fused-ring (bicyclic) bond motifs is 2. The van der Waals surface area contributed by atoms with E-state index in [1.807, 2.05) is 4.90 Å². The van der Waals surface area contributed by atoms with Gasteiger partial charge in [0.25, 0.3) is 0 Å². The van der Waals surface area contributed by atoms with Crippen molar-refractivity contribution in [1.29, 1.82) is 0 Å². The molecule has 4 aliphatic rings. The zero-order valence-electron chi connectivity index (χ0n) is 20.9. The summed E-state index contributed by atoms with van der Waals surface area (Å²) in [5, 5.41) is 5.18. The van der Waals surface area contributed by atoms with Crippen LogP contribution in [0.3, 0.4) is 0 Å². The molecule has 2 aliphatic heterocycles. The molecule has 1 saturated heterocycles. The zero-order chi connectivity index (χ0) is 24.6. The number of halogens is 2. The maximum Gasteiger partial charge on any atom is 0.229 e. The van der Waals surface area contributed by atoms with Gasteiger partial charge in [-0.3, -0.25) is 4.79 Å². The van der Waals surface area contributed by atoms with Crippen LogP contribution in [0.25, 0.3) is 11.0 Å². The van der Waals surface area contributed by atoms with Crippen LogP contribution in [-0.4, -0.2) is 47.0 Å². The molecule has 0 spiro atoms. The summed E-state index contributed by atoms with van der Waals surface area (Å²) < 4.78 is 33.6. The molecule has 36 heavy (non-hydrogen) atoms. The van der Waals surface area contributed by atoms with Gasteiger partial charge in [-0.25, -0.2) is 8.78 Å². The molecule has 1 saturated carbocycles. The Morgan fingerprint density at radius 1 is 0.972 bits per heavy atom. The Balaban J connectivity index is 1.15. The van der Waals surface area contributed by atoms with Crippen LogP contribution in [0.4, 0.5) is 8.78 Å². The molecule has 192 valence electrons. The predicted octanol–water partition coefficient (Wildman–Crippen LogP) is 6.62. The average molecular weight is 496 g/mol. The highest BCUT2D eigenvalue weighted by Gasteiger charge is 2.35. The lowest BCUT2D eigenvalue weighted by atomic mass is 9.84. The Labute approximate surface area is 211 Å². The summed E-state index contributed by atoms with van der Waals surface area (Å²) in [4.78, 5) is 18.0. The topological polar surface area (TPSA) is 49.6 Å². The van der Waals surface area contributed by atoms with Gasteiger partial charge in [-0.2, -0.15) is 0 Å². The fourth-order valence-electron chi connectivity index (χ4n) is 6.85. The van der Waals surface area contributed by atoms with Gasteiger partial charge >= 0.3 is 0 Å². The van der Waals surface area contributed by atoms with Crippen molar-refractivity contribution in [3.8, 4) is 0 Å². The number of allylic oxidation sites excluding steroid dienone is 2. The smallest absolute Gasteiger partial charge is 0.229 e. The van der Waals surface area contributed by atoms with Gasteiger partial charge < -0.3 is 14.3 Å². The summed E-state index contributed by atoms with van der Waals surface area (Å²) in [5.41, 5.74) is 4.54. The number of carbonyl (C=O) groups excluding carboxylic acids is 1. The minimum Gasteiger partial charge on any atom is -0.356 e. The Morgan fingerprint density at radius 3 is 2.58 bits per heavy atom. The van der Waals surface area contributed by atoms with Crippen molar-refractivity contribution < 1.29 is 18.1 Å². The molecule has 0 bridgehead atoms. The Hall–Kier alpha value is -2.54. The van der Waals surface area contributed by atoms with Crippen LogP contribution < -0.4 is 0 Å². The van der Waals surface area contributed by atoms with Crippen LogP contribution in [-0.2, 0) is 4.79 Å². The number of likely N-dealkylation sites (tertiary alicyclic amines) is 1. The summed E-state index contributed by atoms with van der Waals surface area (Å²) >= 11 is 0. The van der Waals surface area contributed by atoms with Gasteiger partial charge in [0.1, 0.15) is 11.6 Å². The molecule has 7 heteroatoms. The standard InChI is InChI=1S/C29H35F2N3O2/c30-21-8-9-24-27(18-21)36-32-28(24)19-10-14-33(15-11-19)16-13-26-23-6-3-7-25(31)22(23)12-17-34(26)29(35)20-4-1-2-5-20/h8-9,18-20H,1-7,10-17H2. The van der Waals surface area contributed by atoms with E-state index in [1.165, 1.54) is 12.1 Å². The van der Waals surface area contributed by atoms with E-state index < -0.39 is 0 Å². The summed E-state index contributed by atoms with van der Waals surface area (Å²) in [7, 11) is 0. The van der Waals surface area contributed by atoms with E-state index in [2.05, 4.69) is 10.1 Å². The number of carbonyl (C=O) groups is 1. The van der Waals surface area contributed by atoms with Crippen molar-refractivity contribution in [2.75, 3.05) is 26.2 Å². The lowest BCUT2D eigenvalue weighted by Crippen LogP contribution is -2.41. The van der Waals surface area contributed by atoms with Crippen LogP contribution >= 0.6 is 0 Å². The molecule has 0 atom stereocenters. The minimum atomic E-state index is -0.311. The van der Waals surface area contributed by atoms with E-state index in [0.29, 0.717) is 30.9 Å². The summed E-state index contributed by atoms with van der Waals surface area (Å²) in [6.07, 6.45) is 9.91. The van der Waals surface area contributed by atoms with Gasteiger partial charge in [0, 0.05) is 48.5 Å². The molecule has 6 rings (SSSR count). The molecule has 2 aromatic rings. The zero-order valence-corrected chi connectivity index (χ0v) is 20.9. The SMILES string of the molecule is O=C(C1CCCC1)N1CCC2=C(F)CCCC2=C1CCN1CCC(c2noc3cc(F)ccc23)CC1. The van der Waals surface area contributed by atoms with E-state index in [-0.39, 0.29) is 23.5 Å². The number of nitrogens with zero attached hydrogens (tertiary/aromatic N) is 3. The van der Waals surface area contributed by atoms with Gasteiger partial charge in [-0.05, 0) is 87.7 Å². The highest BCUT2D eigenvalue weighted by molar-refractivity contribution is 5.82. The molecular formula is C29H35F2N3O2. The Bertz CT molecular complexity index is 1200. The largest absolute Gasteiger partial charge is 0.356 e. The van der Waals surface area contributed by atoms with Crippen molar-refractivity contribution in [3.05, 3.63) is 52.4 Å². The van der Waals surface area contributed by atoms with Crippen LogP contribution in [0.15, 0.2) is 45.4 Å². The second-order valence-corrected chi connectivity index (χ2v) is 11.0. The van der Waals surface area contributed by atoms with E-state index in [1.54, 1.807) is 6.07 Å². The molecule has 2 fully saturated rings. The highest BCUT2D eigenvalue weighted by atomic mass is 19.1. The van der Waals surface area contributed by atoms with Gasteiger partial charge in [0.2, 0.25) is 5.91 Å². The van der Waals surface area contributed by atoms with Gasteiger partial charge in [-0.15, -0.1) is 0 Å². The van der Waals surface area contributed by atoms with Crippen molar-refractivity contribution in [2.45, 2.75) is 76.5 Å². The molecular weight excluding hydrogens is 460 g/mol. The van der Waals surface area contributed by atoms with Crippen molar-refractivity contribution >= 4 is 16.9 Å². The molecule has 5 nitrogen and oxygen atoms in total. The number of rotatable bonds is 5. The first-order valence-electron chi connectivity index (χ1n) is 13.8. The fourth-order valence-corrected chi connectivity index (χ4v) is 6.85. The third-order valence-electron chi connectivity index (χ3n) is 8.85. The van der Waals surface area contributed by atoms with Crippen molar-refractivity contribution in [3.63, 3.8) is 0 Å². The molecule has 1 amide bonds. The number of aromatic nitrogens is 1. The monoisotopic (exact) mass is 495 g/mol. The molecule has 1 aromatic heterocycles. The molecule has 1 aromatic carbocycles. The first-order valence-corrected chi connectivity index (χ1v) is 13.8. The fraction of sp³-hybridized carbons (Fsp3) is 0.586. The van der Waals surface area contributed by atoms with Crippen LogP contribution in [0.5, 0.6) is 0 Å². The number of amides is 1. The number of benzene rings is 1. The van der Waals surface area contributed by atoms with E-state index >= 15 is 0 Å². The van der Waals surface area contributed by atoms with Crippen molar-refractivity contribution in [1.82, 2.24) is 15.0 Å².